The molecule has 0 bridgehead atoms. The molecule has 4 rings (SSSR count). The fraction of sp³-hybridized carbons (Fsp3) is 0.831. The Balaban J connectivity index is -0.000000645. The van der Waals surface area contributed by atoms with Crippen LogP contribution in [0.1, 0.15) is 230 Å². The average molecular weight is 1870 g/mol. The second-order valence-electron chi connectivity index (χ2n) is 26.0. The van der Waals surface area contributed by atoms with E-state index in [1.165, 1.54) is 63.5 Å². The molecular weight excluding hydrogens is 1740 g/mol. The van der Waals surface area contributed by atoms with Gasteiger partial charge in [-0.3, -0.25) is 38.5 Å². The predicted molar refractivity (Wildman–Crippen MR) is 433 cm³/mol. The number of hydrogen-bond acceptors (Lipinski definition) is 26. The van der Waals surface area contributed by atoms with Crippen LogP contribution in [-0.4, -0.2) is 192 Å². The van der Waals surface area contributed by atoms with E-state index in [1.807, 2.05) is 92.5 Å². The number of unbranched alkanes of at least 4 members (excludes halogenated alkanes) is 4. The van der Waals surface area contributed by atoms with Crippen molar-refractivity contribution in [3.63, 3.8) is 0 Å². The van der Waals surface area contributed by atoms with Crippen molar-refractivity contribution in [3.8, 4) is 0 Å². The molecule has 14 atom stereocenters. The normalized spacial score (nSPS) is 19.7. The van der Waals surface area contributed by atoms with Gasteiger partial charge in [0.15, 0.2) is 0 Å². The molecule has 0 spiro atoms. The van der Waals surface area contributed by atoms with Gasteiger partial charge in [0.05, 0.1) is 24.2 Å². The van der Waals surface area contributed by atoms with Gasteiger partial charge in [-0.15, -0.1) is 0 Å². The molecule has 111 heavy (non-hydrogen) atoms. The summed E-state index contributed by atoms with van der Waals surface area (Å²) in [5.74, 6) is 1.83. The Labute approximate surface area is 688 Å². The van der Waals surface area contributed by atoms with Crippen molar-refractivity contribution in [2.45, 2.75) is 298 Å². The topological polar surface area (TPSA) is 335 Å². The molecule has 9 N–H and O–H groups in total. The summed E-state index contributed by atoms with van der Waals surface area (Å²) in [5, 5.41) is 27.2. The van der Waals surface area contributed by atoms with Gasteiger partial charge in [-0.25, -0.2) is 0 Å². The number of hydrogen-bond donors (Lipinski definition) is 8. The summed E-state index contributed by atoms with van der Waals surface area (Å²) >= 11 is -8.60. The van der Waals surface area contributed by atoms with E-state index in [-0.39, 0.29) is 79.1 Å². The minimum atomic E-state index is -8.60. The molecule has 4 aliphatic rings. The molecule has 22 nitrogen and oxygen atoms in total. The Hall–Kier alpha value is -2.05. The van der Waals surface area contributed by atoms with E-state index in [2.05, 4.69) is 97.1 Å². The van der Waals surface area contributed by atoms with Crippen molar-refractivity contribution in [3.05, 3.63) is 12.2 Å². The summed E-state index contributed by atoms with van der Waals surface area (Å²) < 4.78 is 89.9. The number of nitrogens with two attached hydrogens (primary N) is 1. The van der Waals surface area contributed by atoms with Crippen molar-refractivity contribution < 1.29 is 121 Å². The Bertz CT molecular complexity index is 2640. The first-order valence-electron chi connectivity index (χ1n) is 38.2. The SMILES string of the molecule is CCC(=O)C(CCCCN)NCC1CC(CC)SS1.CCC(=O)C(CCCCNC(=O)CCN1C(=O)C=CC1=O)NCC1CC(CC)SS1.CCC(=O)C(CCCCNP)NCC(C)CC(C)CC.CCC(=O)C(CCCCNP)NCC1CC(CC)SS1.O=C=O.O=C=O.O=C=O.[3H][I-](C(F)(F)F)(C(F)(F)F)C(F)(F)F. The number of imide groups is 1. The van der Waals surface area contributed by atoms with Gasteiger partial charge in [0, 0.05) is 108 Å². The number of rotatable bonds is 48. The Morgan fingerprint density at radius 3 is 1.06 bits per heavy atom. The third-order valence-corrected chi connectivity index (χ3v) is 32.1. The number of amides is 3. The number of ketones is 4. The van der Waals surface area contributed by atoms with Crippen molar-refractivity contribution in [1.82, 2.24) is 41.7 Å². The molecule has 0 aromatic rings. The third-order valence-electron chi connectivity index (χ3n) is 17.3. The monoisotopic (exact) mass is 1870 g/mol. The van der Waals surface area contributed by atoms with E-state index in [9.17, 15) is 73.1 Å². The van der Waals surface area contributed by atoms with Crippen molar-refractivity contribution >= 4 is 143 Å². The number of carbonyl (C=O) groups is 7. The first-order chi connectivity index (χ1) is 52.9. The van der Waals surface area contributed by atoms with Crippen LogP contribution in [0.2, 0.25) is 0 Å². The van der Waals surface area contributed by atoms with E-state index >= 15 is 0 Å². The number of halogens is 10. The molecule has 14 unspecified atom stereocenters. The van der Waals surface area contributed by atoms with Crippen LogP contribution in [0.25, 0.3) is 0 Å². The van der Waals surface area contributed by atoms with Crippen LogP contribution in [0.5, 0.6) is 0 Å². The van der Waals surface area contributed by atoms with Crippen molar-refractivity contribution in [2.75, 3.05) is 58.9 Å². The third kappa shape index (κ3) is 60.1. The molecule has 40 heteroatoms. The summed E-state index contributed by atoms with van der Waals surface area (Å²) in [7, 11) is 17.0. The summed E-state index contributed by atoms with van der Waals surface area (Å²) in [6.45, 7) is 28.5. The van der Waals surface area contributed by atoms with Crippen molar-refractivity contribution in [2.24, 2.45) is 17.6 Å². The minimum absolute atomic E-state index is 0.0443. The molecule has 0 saturated carbocycles. The van der Waals surface area contributed by atoms with Gasteiger partial charge < -0.3 is 42.5 Å². The van der Waals surface area contributed by atoms with Crippen LogP contribution in [0.15, 0.2) is 12.2 Å². The van der Waals surface area contributed by atoms with Gasteiger partial charge in [-0.1, -0.05) is 178 Å². The van der Waals surface area contributed by atoms with Gasteiger partial charge in [0.1, 0.15) is 23.1 Å². The summed E-state index contributed by atoms with van der Waals surface area (Å²) in [5.41, 5.74) is 5.52. The van der Waals surface area contributed by atoms with E-state index in [0.29, 0.717) is 71.2 Å². The van der Waals surface area contributed by atoms with Gasteiger partial charge in [0.2, 0.25) is 5.91 Å². The Morgan fingerprint density at radius 2 is 0.802 bits per heavy atom. The van der Waals surface area contributed by atoms with Crippen LogP contribution < -0.4 is 62.1 Å². The molecule has 0 aliphatic carbocycles. The fourth-order valence-electron chi connectivity index (χ4n) is 10.9. The molecule has 3 fully saturated rings. The van der Waals surface area contributed by atoms with E-state index < -0.39 is 32.2 Å². The van der Waals surface area contributed by atoms with Crippen LogP contribution in [0.3, 0.4) is 0 Å². The second-order valence-corrected chi connectivity index (χ2v) is 40.7. The van der Waals surface area contributed by atoms with E-state index in [0.717, 1.165) is 149 Å². The molecule has 3 amide bonds. The quantitative estimate of drug-likeness (QED) is 0.00534. The van der Waals surface area contributed by atoms with Crippen LogP contribution in [-0.2, 0) is 62.3 Å². The van der Waals surface area contributed by atoms with Gasteiger partial charge in [-0.05, 0) is 141 Å². The average Bonchev–Trinajstić information content (AvgIpc) is 0.986. The summed E-state index contributed by atoms with van der Waals surface area (Å²) in [4.78, 5) is 133. The van der Waals surface area contributed by atoms with E-state index in [4.69, 9.17) is 35.1 Å². The molecule has 650 valence electrons. The molecule has 0 radical (unpaired) electrons. The number of carbonyl (C=O) groups excluding carboxylic acids is 13. The number of nitrogens with zero attached hydrogens (tertiary/aromatic N) is 1. The maximum atomic E-state index is 12.3. The summed E-state index contributed by atoms with van der Waals surface area (Å²) in [6, 6.07) is 0.0548. The fourth-order valence-corrected chi connectivity index (χ4v) is 23.5. The molecular formula is C71H126F9IN9O13P2S6-. The zero-order chi connectivity index (χ0) is 86.3. The van der Waals surface area contributed by atoms with Gasteiger partial charge >= 0.3 is 90.7 Å². The molecule has 0 aromatic carbocycles. The zero-order valence-corrected chi connectivity index (χ0v) is 75.2. The number of alkyl halides is 12. The van der Waals surface area contributed by atoms with Crippen molar-refractivity contribution in [1.29, 1.82) is 0.594 Å². The first-order valence-corrected chi connectivity index (χ1v) is 49.0. The van der Waals surface area contributed by atoms with E-state index in [1.54, 1.807) is 0 Å². The first kappa shape index (κ1) is 113. The van der Waals surface area contributed by atoms with Crippen LogP contribution in [0, 0.1) is 11.8 Å². The van der Waals surface area contributed by atoms with Gasteiger partial charge in [0.25, 0.3) is 11.8 Å². The number of nitrogens with one attached hydrogen (secondary N) is 7. The second kappa shape index (κ2) is 72.0. The maximum absolute atomic E-state index is 12.3. The van der Waals surface area contributed by atoms with Crippen LogP contribution in [0.4, 0.5) is 39.5 Å². The standard InChI is InChI=1S/C21H33N3O4S2.C16H35N2OP.C14H29N2OPS2.C14H28N2OS2.C3HF9I.3CO2/c1-3-15-13-16(30-29-15)14-23-17(18(25)4-2)7-5-6-11-22-19(26)10-12-24-20(27)8-9-21(24)28;1-5-13(3)11-14(4)12-17-15(16(19)6-2)9-7-8-10-18-20;1-3-11-9-12(20-19-11)10-15-13(14(17)4-2)7-5-6-8-16-18;1-3-11-9-12(19-18-11)10-16-13(14(17)4-2)7-5-6-8-15;4-1(5,6)13(2(7,8)9)3(10,11)12;3*2-1-3/h8-9,15-17,23H,3-7,10-14H2,1-2H3,(H,22,26);13-15,17-18H,5-12,20H2,1-4H3;11-13,15-16H,3-10,18H2,1-2H3;11-13,16H,3-10,15H2,1-2H3;13H;;;/q;;;;-1;;;/i;;;;13T;;;. The molecule has 3 saturated heterocycles. The Kier molecular flexibility index (Phi) is 73.4. The summed E-state index contributed by atoms with van der Waals surface area (Å²) in [6.07, 6.45) is 27.5. The number of Topliss-reactive ketones (excluding diaryl/α,β-unsaturated/α-hetero) is 4. The van der Waals surface area contributed by atoms with Gasteiger partial charge in [-0.2, -0.15) is 28.8 Å². The molecule has 4 aliphatic heterocycles. The zero-order valence-electron chi connectivity index (χ0n) is 66.8. The van der Waals surface area contributed by atoms with Crippen LogP contribution >= 0.6 is 83.5 Å². The Morgan fingerprint density at radius 1 is 0.505 bits per heavy atom. The molecule has 4 heterocycles. The molecule has 0 aromatic heterocycles. The predicted octanol–water partition coefficient (Wildman–Crippen LogP) is 10.5.